The van der Waals surface area contributed by atoms with E-state index < -0.39 is 0 Å². The van der Waals surface area contributed by atoms with Crippen molar-refractivity contribution < 1.29 is 4.79 Å². The third-order valence-electron chi connectivity index (χ3n) is 5.09. The van der Waals surface area contributed by atoms with Crippen molar-refractivity contribution in [3.05, 3.63) is 33.0 Å². The van der Waals surface area contributed by atoms with Crippen LogP contribution in [0.1, 0.15) is 27.2 Å². The molecule has 1 aliphatic rings. The Balaban J connectivity index is 1.84. The van der Waals surface area contributed by atoms with E-state index in [9.17, 15) is 9.59 Å². The first-order chi connectivity index (χ1) is 13.4. The summed E-state index contributed by atoms with van der Waals surface area (Å²) in [6.07, 6.45) is 0.829. The number of carbonyl (C=O) groups excluding carboxylic acids is 1. The van der Waals surface area contributed by atoms with Gasteiger partial charge in [-0.15, -0.1) is 0 Å². The topological polar surface area (TPSA) is 58.4 Å². The van der Waals surface area contributed by atoms with E-state index in [0.29, 0.717) is 22.6 Å². The van der Waals surface area contributed by atoms with Crippen molar-refractivity contribution in [1.82, 2.24) is 19.4 Å². The van der Waals surface area contributed by atoms with Crippen LogP contribution in [-0.4, -0.2) is 63.2 Å². The van der Waals surface area contributed by atoms with Crippen LogP contribution in [0.4, 0.5) is 0 Å². The molecule has 1 aromatic heterocycles. The molecule has 8 heteroatoms. The summed E-state index contributed by atoms with van der Waals surface area (Å²) >= 11 is 4.81. The molecule has 0 N–H and O–H groups in total. The first kappa shape index (κ1) is 21.3. The van der Waals surface area contributed by atoms with Crippen LogP contribution in [0.5, 0.6) is 0 Å². The van der Waals surface area contributed by atoms with E-state index in [-0.39, 0.29) is 16.7 Å². The Morgan fingerprint density at radius 3 is 2.61 bits per heavy atom. The van der Waals surface area contributed by atoms with Gasteiger partial charge in [-0.1, -0.05) is 41.5 Å². The van der Waals surface area contributed by atoms with Gasteiger partial charge in [-0.05, 0) is 38.1 Å². The third kappa shape index (κ3) is 4.60. The molecule has 28 heavy (non-hydrogen) atoms. The lowest BCUT2D eigenvalue weighted by Crippen LogP contribution is -2.50. The van der Waals surface area contributed by atoms with Crippen molar-refractivity contribution in [1.29, 1.82) is 0 Å². The predicted octanol–water partition coefficient (Wildman–Crippen LogP) is 3.21. The van der Waals surface area contributed by atoms with E-state index in [1.807, 2.05) is 36.9 Å². The Morgan fingerprint density at radius 2 is 1.96 bits per heavy atom. The lowest BCUT2D eigenvalue weighted by Gasteiger charge is -2.35. The smallest absolute Gasteiger partial charge is 0.262 e. The number of hydrogen-bond acceptors (Lipinski definition) is 5. The van der Waals surface area contributed by atoms with Gasteiger partial charge in [-0.2, -0.15) is 0 Å². The highest BCUT2D eigenvalue weighted by Crippen LogP contribution is 2.25. The fourth-order valence-electron chi connectivity index (χ4n) is 3.43. The summed E-state index contributed by atoms with van der Waals surface area (Å²) in [7, 11) is 0. The number of nitrogens with zero attached hydrogens (tertiary/aromatic N) is 4. The van der Waals surface area contributed by atoms with Crippen LogP contribution in [0.2, 0.25) is 0 Å². The number of rotatable bonds is 6. The van der Waals surface area contributed by atoms with Crippen LogP contribution < -0.4 is 5.56 Å². The van der Waals surface area contributed by atoms with Gasteiger partial charge in [0.25, 0.3) is 5.56 Å². The highest BCUT2D eigenvalue weighted by atomic mass is 79.9. The van der Waals surface area contributed by atoms with Crippen molar-refractivity contribution in [2.45, 2.75) is 44.1 Å². The molecular formula is C20H27BrN4O2S. The van der Waals surface area contributed by atoms with Crippen LogP contribution in [0, 0.1) is 0 Å². The van der Waals surface area contributed by atoms with Gasteiger partial charge in [-0.3, -0.25) is 14.2 Å². The largest absolute Gasteiger partial charge is 0.339 e. The van der Waals surface area contributed by atoms with E-state index in [4.69, 9.17) is 4.98 Å². The summed E-state index contributed by atoms with van der Waals surface area (Å²) < 4.78 is 2.57. The maximum absolute atomic E-state index is 13.0. The molecule has 2 aromatic rings. The van der Waals surface area contributed by atoms with Crippen LogP contribution >= 0.6 is 27.7 Å². The molecule has 1 atom stereocenters. The summed E-state index contributed by atoms with van der Waals surface area (Å²) in [4.78, 5) is 34.9. The lowest BCUT2D eigenvalue weighted by molar-refractivity contribution is -0.132. The number of hydrogen-bond donors (Lipinski definition) is 0. The van der Waals surface area contributed by atoms with Crippen LogP contribution in [0.3, 0.4) is 0 Å². The van der Waals surface area contributed by atoms with Gasteiger partial charge in [0.05, 0.1) is 16.2 Å². The number of amides is 1. The first-order valence-corrected chi connectivity index (χ1v) is 11.5. The zero-order chi connectivity index (χ0) is 20.3. The Labute approximate surface area is 178 Å². The maximum Gasteiger partial charge on any atom is 0.262 e. The Bertz CT molecular complexity index is 909. The summed E-state index contributed by atoms with van der Waals surface area (Å²) in [6, 6.07) is 5.54. The number of carbonyl (C=O) groups is 1. The monoisotopic (exact) mass is 466 g/mol. The molecule has 1 aromatic carbocycles. The molecule has 0 bridgehead atoms. The van der Waals surface area contributed by atoms with Gasteiger partial charge < -0.3 is 9.80 Å². The molecule has 2 heterocycles. The number of piperazine rings is 1. The van der Waals surface area contributed by atoms with Crippen molar-refractivity contribution in [3.8, 4) is 0 Å². The van der Waals surface area contributed by atoms with Crippen molar-refractivity contribution in [2.75, 3.05) is 32.7 Å². The Morgan fingerprint density at radius 1 is 1.25 bits per heavy atom. The molecule has 1 aliphatic heterocycles. The quantitative estimate of drug-likeness (QED) is 0.483. The molecule has 6 nitrogen and oxygen atoms in total. The number of likely N-dealkylation sites (N-methyl/N-ethyl adjacent to an activating group) is 1. The molecule has 0 aliphatic carbocycles. The van der Waals surface area contributed by atoms with Gasteiger partial charge in [0.15, 0.2) is 5.16 Å². The van der Waals surface area contributed by atoms with E-state index in [2.05, 4.69) is 27.8 Å². The van der Waals surface area contributed by atoms with Gasteiger partial charge in [0.1, 0.15) is 0 Å². The standard InChI is InChI=1S/C20H27BrN4O2S/c1-4-8-25-19(27)16-13-15(21)6-7-17(16)22-20(25)28-14(3)18(26)24-11-9-23(5-2)10-12-24/h6-7,13-14H,4-5,8-12H2,1-3H3. The molecule has 3 rings (SSSR count). The summed E-state index contributed by atoms with van der Waals surface area (Å²) in [6.45, 7) is 11.1. The number of aromatic nitrogens is 2. The second-order valence-corrected chi connectivity index (χ2v) is 9.26. The first-order valence-electron chi connectivity index (χ1n) is 9.82. The molecule has 1 fully saturated rings. The van der Waals surface area contributed by atoms with E-state index in [1.54, 1.807) is 4.57 Å². The minimum atomic E-state index is -0.281. The second kappa shape index (κ2) is 9.41. The molecule has 152 valence electrons. The molecule has 0 saturated carbocycles. The zero-order valence-electron chi connectivity index (χ0n) is 16.7. The Kier molecular flexibility index (Phi) is 7.17. The molecule has 1 saturated heterocycles. The van der Waals surface area contributed by atoms with Crippen LogP contribution in [0.25, 0.3) is 10.9 Å². The number of thioether (sulfide) groups is 1. The zero-order valence-corrected chi connectivity index (χ0v) is 19.1. The highest BCUT2D eigenvalue weighted by molar-refractivity contribution is 9.10. The fourth-order valence-corrected chi connectivity index (χ4v) is 4.81. The highest BCUT2D eigenvalue weighted by Gasteiger charge is 2.26. The summed E-state index contributed by atoms with van der Waals surface area (Å²) in [5, 5.41) is 0.938. The van der Waals surface area contributed by atoms with Gasteiger partial charge in [0.2, 0.25) is 5.91 Å². The summed E-state index contributed by atoms with van der Waals surface area (Å²) in [5.41, 5.74) is 0.617. The normalized spacial score (nSPS) is 16.5. The van der Waals surface area contributed by atoms with Gasteiger partial charge >= 0.3 is 0 Å². The summed E-state index contributed by atoms with van der Waals surface area (Å²) in [5.74, 6) is 0.119. The average molecular weight is 467 g/mol. The predicted molar refractivity (Wildman–Crippen MR) is 118 cm³/mol. The number of benzene rings is 1. The minimum absolute atomic E-state index is 0.0492. The van der Waals surface area contributed by atoms with Crippen molar-refractivity contribution in [2.24, 2.45) is 0 Å². The molecule has 0 spiro atoms. The molecule has 1 amide bonds. The Hall–Kier alpha value is -1.38. The van der Waals surface area contributed by atoms with Crippen LogP contribution in [0.15, 0.2) is 32.6 Å². The second-order valence-electron chi connectivity index (χ2n) is 7.03. The van der Waals surface area contributed by atoms with E-state index in [1.165, 1.54) is 11.8 Å². The average Bonchev–Trinajstić information content (AvgIpc) is 2.71. The van der Waals surface area contributed by atoms with Gasteiger partial charge in [0, 0.05) is 37.2 Å². The third-order valence-corrected chi connectivity index (χ3v) is 6.66. The lowest BCUT2D eigenvalue weighted by atomic mass is 10.2. The fraction of sp³-hybridized carbons (Fsp3) is 0.550. The minimum Gasteiger partial charge on any atom is -0.339 e. The molecular weight excluding hydrogens is 440 g/mol. The van der Waals surface area contributed by atoms with E-state index in [0.717, 1.165) is 43.6 Å². The number of halogens is 1. The maximum atomic E-state index is 13.0. The van der Waals surface area contributed by atoms with Crippen molar-refractivity contribution >= 4 is 44.5 Å². The number of fused-ring (bicyclic) bond motifs is 1. The van der Waals surface area contributed by atoms with E-state index >= 15 is 0 Å². The SMILES string of the molecule is CCCn1c(SC(C)C(=O)N2CCN(CC)CC2)nc2ccc(Br)cc2c1=O. The van der Waals surface area contributed by atoms with Crippen LogP contribution in [-0.2, 0) is 11.3 Å². The van der Waals surface area contributed by atoms with Gasteiger partial charge in [-0.25, -0.2) is 4.98 Å². The molecule has 1 unspecified atom stereocenters. The molecule has 0 radical (unpaired) electrons. The van der Waals surface area contributed by atoms with Crippen molar-refractivity contribution in [3.63, 3.8) is 0 Å².